The Kier molecular flexibility index (Phi) is 11.2. The number of carbonyl (C=O) groups is 5. The molecule has 0 fully saturated rings. The van der Waals surface area contributed by atoms with Gasteiger partial charge in [-0.3, -0.25) is 19.2 Å². The van der Waals surface area contributed by atoms with Gasteiger partial charge < -0.3 is 42.7 Å². The summed E-state index contributed by atoms with van der Waals surface area (Å²) in [6.45, 7) is -0.896. The van der Waals surface area contributed by atoms with Crippen LogP contribution >= 0.6 is 0 Å². The molecule has 0 aliphatic carbocycles. The molecule has 0 aromatic heterocycles. The van der Waals surface area contributed by atoms with Gasteiger partial charge in [0, 0.05) is 6.42 Å². The van der Waals surface area contributed by atoms with Crippen molar-refractivity contribution in [2.24, 2.45) is 11.5 Å². The summed E-state index contributed by atoms with van der Waals surface area (Å²) in [4.78, 5) is 61.2. The SMILES string of the molecule is NC(=O)CC(NC(=O)C(N)Cc1ccc(O)cc1)C(=O)NC(CO)C(=O)NC(Cc1ccccc1)C(=O)O. The Morgan fingerprint density at radius 3 is 1.82 bits per heavy atom. The van der Waals surface area contributed by atoms with Crippen LogP contribution in [0.15, 0.2) is 54.6 Å². The number of hydrogen-bond acceptors (Lipinski definition) is 8. The third kappa shape index (κ3) is 9.52. The normalized spacial score (nSPS) is 13.8. The second-order valence-electron chi connectivity index (χ2n) is 8.54. The predicted molar refractivity (Wildman–Crippen MR) is 134 cm³/mol. The van der Waals surface area contributed by atoms with E-state index in [9.17, 15) is 39.3 Å². The summed E-state index contributed by atoms with van der Waals surface area (Å²) in [6.07, 6.45) is -0.626. The van der Waals surface area contributed by atoms with Crippen molar-refractivity contribution < 1.29 is 39.3 Å². The molecule has 4 atom stereocenters. The zero-order valence-electron chi connectivity index (χ0n) is 20.4. The molecular weight excluding hydrogens is 498 g/mol. The maximum atomic E-state index is 12.8. The molecule has 0 bridgehead atoms. The lowest BCUT2D eigenvalue weighted by Gasteiger charge is -2.24. The lowest BCUT2D eigenvalue weighted by atomic mass is 10.0. The van der Waals surface area contributed by atoms with Crippen molar-refractivity contribution >= 4 is 29.6 Å². The summed E-state index contributed by atoms with van der Waals surface area (Å²) in [5.74, 6) is -5.03. The average Bonchev–Trinajstić information content (AvgIpc) is 2.87. The lowest BCUT2D eigenvalue weighted by Crippen LogP contribution is -2.59. The molecule has 0 radical (unpaired) electrons. The van der Waals surface area contributed by atoms with Gasteiger partial charge in [0.05, 0.1) is 19.1 Å². The first-order valence-corrected chi connectivity index (χ1v) is 11.6. The number of amides is 4. The number of phenolic OH excluding ortho intramolecular Hbond substituents is 1. The highest BCUT2D eigenvalue weighted by atomic mass is 16.4. The van der Waals surface area contributed by atoms with Gasteiger partial charge in [0.2, 0.25) is 23.6 Å². The number of nitrogens with one attached hydrogen (secondary N) is 3. The maximum Gasteiger partial charge on any atom is 0.326 e. The number of benzene rings is 2. The van der Waals surface area contributed by atoms with Gasteiger partial charge in [-0.25, -0.2) is 4.79 Å². The van der Waals surface area contributed by atoms with E-state index in [4.69, 9.17) is 11.5 Å². The molecule has 0 saturated carbocycles. The van der Waals surface area contributed by atoms with Crippen molar-refractivity contribution in [3.63, 3.8) is 0 Å². The summed E-state index contributed by atoms with van der Waals surface area (Å²) in [7, 11) is 0. The van der Waals surface area contributed by atoms with Crippen LogP contribution in [0.2, 0.25) is 0 Å². The number of nitrogens with two attached hydrogens (primary N) is 2. The molecule has 13 nitrogen and oxygen atoms in total. The number of aliphatic hydroxyl groups excluding tert-OH is 1. The summed E-state index contributed by atoms with van der Waals surface area (Å²) in [6, 6.07) is 8.87. The molecule has 2 aromatic carbocycles. The molecule has 0 saturated heterocycles. The van der Waals surface area contributed by atoms with Crippen LogP contribution in [0.3, 0.4) is 0 Å². The molecule has 2 rings (SSSR count). The minimum atomic E-state index is -1.59. The van der Waals surface area contributed by atoms with Crippen LogP contribution in [0.25, 0.3) is 0 Å². The van der Waals surface area contributed by atoms with Gasteiger partial charge in [-0.2, -0.15) is 0 Å². The van der Waals surface area contributed by atoms with E-state index < -0.39 is 66.8 Å². The number of aliphatic hydroxyl groups is 1. The second kappa shape index (κ2) is 14.3. The molecule has 0 heterocycles. The smallest absolute Gasteiger partial charge is 0.326 e. The number of hydrogen-bond donors (Lipinski definition) is 8. The summed E-state index contributed by atoms with van der Waals surface area (Å²) in [5.41, 5.74) is 12.4. The minimum absolute atomic E-state index is 0.0298. The number of rotatable bonds is 14. The van der Waals surface area contributed by atoms with E-state index in [1.165, 1.54) is 12.1 Å². The summed E-state index contributed by atoms with van der Waals surface area (Å²) >= 11 is 0. The van der Waals surface area contributed by atoms with E-state index in [0.29, 0.717) is 11.1 Å². The maximum absolute atomic E-state index is 12.8. The van der Waals surface area contributed by atoms with Crippen LogP contribution in [-0.4, -0.2) is 75.7 Å². The first-order chi connectivity index (χ1) is 18.0. The van der Waals surface area contributed by atoms with Gasteiger partial charge in [0.15, 0.2) is 0 Å². The molecule has 13 heteroatoms. The van der Waals surface area contributed by atoms with Crippen LogP contribution in [0.4, 0.5) is 0 Å². The number of primary amides is 1. The third-order valence-electron chi connectivity index (χ3n) is 5.48. The Morgan fingerprint density at radius 1 is 0.737 bits per heavy atom. The van der Waals surface area contributed by atoms with Crippen LogP contribution in [-0.2, 0) is 36.8 Å². The number of aliphatic carboxylic acids is 1. The van der Waals surface area contributed by atoms with Gasteiger partial charge in [-0.1, -0.05) is 42.5 Å². The van der Waals surface area contributed by atoms with E-state index in [-0.39, 0.29) is 18.6 Å². The zero-order chi connectivity index (χ0) is 28.2. The van der Waals surface area contributed by atoms with E-state index in [1.807, 2.05) is 0 Å². The van der Waals surface area contributed by atoms with Gasteiger partial charge in [0.25, 0.3) is 0 Å². The molecule has 2 aromatic rings. The van der Waals surface area contributed by atoms with E-state index in [2.05, 4.69) is 16.0 Å². The van der Waals surface area contributed by atoms with Crippen LogP contribution in [0.5, 0.6) is 5.75 Å². The Bertz CT molecular complexity index is 1130. The molecule has 38 heavy (non-hydrogen) atoms. The highest BCUT2D eigenvalue weighted by Gasteiger charge is 2.31. The number of aromatic hydroxyl groups is 1. The fourth-order valence-electron chi connectivity index (χ4n) is 3.46. The summed E-state index contributed by atoms with van der Waals surface area (Å²) < 4.78 is 0. The van der Waals surface area contributed by atoms with Crippen molar-refractivity contribution in [3.05, 3.63) is 65.7 Å². The topological polar surface area (TPSA) is 234 Å². The molecule has 4 unspecified atom stereocenters. The van der Waals surface area contributed by atoms with Crippen LogP contribution in [0, 0.1) is 0 Å². The third-order valence-corrected chi connectivity index (χ3v) is 5.48. The van der Waals surface area contributed by atoms with Gasteiger partial charge in [-0.05, 0) is 29.7 Å². The quantitative estimate of drug-likeness (QED) is 0.134. The minimum Gasteiger partial charge on any atom is -0.508 e. The first kappa shape index (κ1) is 29.7. The highest BCUT2D eigenvalue weighted by Crippen LogP contribution is 2.11. The number of phenols is 1. The van der Waals surface area contributed by atoms with E-state index in [0.717, 1.165) is 0 Å². The number of carbonyl (C=O) groups excluding carboxylic acids is 4. The fraction of sp³-hybridized carbons (Fsp3) is 0.320. The second-order valence-corrected chi connectivity index (χ2v) is 8.54. The molecule has 0 spiro atoms. The average molecular weight is 530 g/mol. The van der Waals surface area contributed by atoms with Crippen molar-refractivity contribution in [1.82, 2.24) is 16.0 Å². The predicted octanol–water partition coefficient (Wildman–Crippen LogP) is -2.09. The molecule has 4 amide bonds. The van der Waals surface area contributed by atoms with Gasteiger partial charge >= 0.3 is 5.97 Å². The van der Waals surface area contributed by atoms with E-state index in [1.54, 1.807) is 42.5 Å². The van der Waals surface area contributed by atoms with Gasteiger partial charge in [-0.15, -0.1) is 0 Å². The molecular formula is C25H31N5O8. The highest BCUT2D eigenvalue weighted by molar-refractivity contribution is 5.96. The van der Waals surface area contributed by atoms with Crippen LogP contribution in [0.1, 0.15) is 17.5 Å². The molecule has 10 N–H and O–H groups in total. The van der Waals surface area contributed by atoms with Crippen molar-refractivity contribution in [1.29, 1.82) is 0 Å². The Morgan fingerprint density at radius 2 is 1.26 bits per heavy atom. The first-order valence-electron chi connectivity index (χ1n) is 11.6. The van der Waals surface area contributed by atoms with Crippen molar-refractivity contribution in [3.8, 4) is 5.75 Å². The molecule has 204 valence electrons. The van der Waals surface area contributed by atoms with E-state index >= 15 is 0 Å². The Balaban J connectivity index is 2.04. The van der Waals surface area contributed by atoms with Crippen molar-refractivity contribution in [2.45, 2.75) is 43.4 Å². The molecule has 0 aliphatic heterocycles. The molecule has 0 aliphatic rings. The zero-order valence-corrected chi connectivity index (χ0v) is 20.4. The summed E-state index contributed by atoms with van der Waals surface area (Å²) in [5, 5.41) is 35.3. The van der Waals surface area contributed by atoms with Gasteiger partial charge in [0.1, 0.15) is 23.9 Å². The Hall–Kier alpha value is -4.49. The standard InChI is InChI=1S/C25H31N5O8/c26-17(10-15-6-8-16(32)9-7-15)22(34)28-18(12-21(27)33)23(35)30-20(13-31)24(36)29-19(25(37)38)11-14-4-2-1-3-5-14/h1-9,17-20,31-32H,10-13,26H2,(H2,27,33)(H,28,34)(H,29,36)(H,30,35)(H,37,38). The fourth-order valence-corrected chi connectivity index (χ4v) is 3.46. The monoisotopic (exact) mass is 529 g/mol. The Labute approximate surface area is 218 Å². The number of carboxylic acids is 1. The number of carboxylic acid groups (broad SMARTS) is 1. The van der Waals surface area contributed by atoms with Crippen LogP contribution < -0.4 is 27.4 Å². The largest absolute Gasteiger partial charge is 0.508 e. The van der Waals surface area contributed by atoms with Crippen molar-refractivity contribution in [2.75, 3.05) is 6.61 Å². The lowest BCUT2D eigenvalue weighted by molar-refractivity contribution is -0.142.